The van der Waals surface area contributed by atoms with Crippen LogP contribution in [0.15, 0.2) is 5.16 Å². The van der Waals surface area contributed by atoms with Gasteiger partial charge < -0.3 is 29.1 Å². The molecule has 2 bridgehead atoms. The quantitative estimate of drug-likeness (QED) is 0.0443. The minimum absolute atomic E-state index is 0. The van der Waals surface area contributed by atoms with Crippen molar-refractivity contribution in [2.75, 3.05) is 13.2 Å². The number of rotatable bonds is 7. The molecular formula is C21H34N7NaO11S. The van der Waals surface area contributed by atoms with Gasteiger partial charge in [0.05, 0.1) is 18.5 Å². The van der Waals surface area contributed by atoms with Gasteiger partial charge in [0.15, 0.2) is 0 Å². The van der Waals surface area contributed by atoms with Gasteiger partial charge >= 0.3 is 47.8 Å². The van der Waals surface area contributed by atoms with Crippen LogP contribution in [0.2, 0.25) is 0 Å². The molecule has 18 nitrogen and oxygen atoms in total. The van der Waals surface area contributed by atoms with Crippen molar-refractivity contribution >= 4 is 46.3 Å². The Morgan fingerprint density at radius 3 is 2.05 bits per heavy atom. The van der Waals surface area contributed by atoms with Crippen LogP contribution in [0.3, 0.4) is 0 Å². The number of piperidine rings is 1. The van der Waals surface area contributed by atoms with Crippen LogP contribution in [-0.4, -0.2) is 95.3 Å². The molecule has 20 heteroatoms. The molecule has 2 aliphatic heterocycles. The Balaban J connectivity index is 0.00000840. The first-order valence-electron chi connectivity index (χ1n) is 12.1. The van der Waals surface area contributed by atoms with Crippen molar-refractivity contribution in [3.8, 4) is 0 Å². The van der Waals surface area contributed by atoms with Gasteiger partial charge in [-0.2, -0.15) is 9.35 Å². The monoisotopic (exact) mass is 615 g/mol. The topological polar surface area (TPSA) is 241 Å². The molecule has 5 amide bonds. The zero-order chi connectivity index (χ0) is 30.5. The van der Waals surface area contributed by atoms with Crippen LogP contribution in [-0.2, 0) is 33.8 Å². The minimum atomic E-state index is -5.16. The average molecular weight is 616 g/mol. The summed E-state index contributed by atoms with van der Waals surface area (Å²) in [6.07, 6.45) is -1.76. The summed E-state index contributed by atoms with van der Waals surface area (Å²) in [4.78, 5) is 55.1. The maximum absolute atomic E-state index is 12.4. The fourth-order valence-electron chi connectivity index (χ4n) is 3.55. The molecule has 2 aliphatic rings. The van der Waals surface area contributed by atoms with Crippen LogP contribution in [0.4, 0.5) is 14.4 Å². The summed E-state index contributed by atoms with van der Waals surface area (Å²) < 4.78 is 47.1. The smallest absolute Gasteiger partial charge is 0.724 e. The molecule has 0 aromatic carbocycles. The third kappa shape index (κ3) is 12.8. The number of urea groups is 1. The van der Waals surface area contributed by atoms with Crippen molar-refractivity contribution in [3.63, 3.8) is 0 Å². The number of hydroxylamine groups is 2. The number of fused-ring (bicyclic) bond motifs is 2. The van der Waals surface area contributed by atoms with E-state index in [-0.39, 0.29) is 67.8 Å². The van der Waals surface area contributed by atoms with Crippen molar-refractivity contribution in [2.24, 2.45) is 5.16 Å². The van der Waals surface area contributed by atoms with Crippen molar-refractivity contribution in [1.82, 2.24) is 25.9 Å². The molecule has 4 N–H and O–H groups in total. The van der Waals surface area contributed by atoms with E-state index in [2.05, 4.69) is 25.4 Å². The molecule has 2 saturated heterocycles. The van der Waals surface area contributed by atoms with Gasteiger partial charge in [-0.05, 0) is 59.5 Å². The molecule has 41 heavy (non-hydrogen) atoms. The van der Waals surface area contributed by atoms with E-state index < -0.39 is 63.8 Å². The fourth-order valence-corrected chi connectivity index (χ4v) is 3.93. The van der Waals surface area contributed by atoms with Crippen LogP contribution in [0.1, 0.15) is 60.8 Å². The number of guanidine groups is 1. The third-order valence-corrected chi connectivity index (χ3v) is 5.26. The molecule has 226 valence electrons. The number of hydrogen-bond acceptors (Lipinski definition) is 13. The number of amides is 5. The van der Waals surface area contributed by atoms with Crippen LogP contribution >= 0.6 is 0 Å². The number of carbonyl (C=O) groups excluding carboxylic acids is 4. The summed E-state index contributed by atoms with van der Waals surface area (Å²) in [6, 6.07) is -2.47. The number of oxime groups is 1. The Hall–Kier alpha value is -2.71. The zero-order valence-corrected chi connectivity index (χ0v) is 26.7. The first kappa shape index (κ1) is 36.3. The van der Waals surface area contributed by atoms with Gasteiger partial charge in [0.25, 0.3) is 5.96 Å². The zero-order valence-electron chi connectivity index (χ0n) is 23.9. The Kier molecular flexibility index (Phi) is 12.8. The Bertz CT molecular complexity index is 1120. The van der Waals surface area contributed by atoms with Gasteiger partial charge in [-0.1, -0.05) is 0 Å². The first-order valence-corrected chi connectivity index (χ1v) is 13.4. The second-order valence-electron chi connectivity index (χ2n) is 10.7. The molecule has 0 spiro atoms. The predicted octanol–water partition coefficient (Wildman–Crippen LogP) is -2.53. The normalized spacial score (nSPS) is 18.5. The Morgan fingerprint density at radius 1 is 1.02 bits per heavy atom. The summed E-state index contributed by atoms with van der Waals surface area (Å²) in [5, 5.41) is 19.0. The van der Waals surface area contributed by atoms with Crippen LogP contribution in [0.25, 0.3) is 0 Å². The number of nitrogens with zero attached hydrogens (tertiary/aromatic N) is 3. The molecule has 0 saturated carbocycles. The number of nitrogens with one attached hydrogen (secondary N) is 4. The summed E-state index contributed by atoms with van der Waals surface area (Å²) in [5.74, 6) is -1.47. The molecular weight excluding hydrogens is 581 g/mol. The van der Waals surface area contributed by atoms with E-state index in [1.54, 1.807) is 41.5 Å². The fraction of sp³-hybridized carbons (Fsp3) is 0.714. The van der Waals surface area contributed by atoms with E-state index in [0.29, 0.717) is 5.06 Å². The molecule has 0 aromatic rings. The minimum Gasteiger partial charge on any atom is -0.724 e. The van der Waals surface area contributed by atoms with Crippen molar-refractivity contribution in [3.05, 3.63) is 0 Å². The number of hydrogen-bond donors (Lipinski definition) is 4. The van der Waals surface area contributed by atoms with E-state index in [1.807, 2.05) is 0 Å². The van der Waals surface area contributed by atoms with Gasteiger partial charge in [0.1, 0.15) is 23.6 Å². The van der Waals surface area contributed by atoms with Gasteiger partial charge in [-0.3, -0.25) is 20.8 Å². The Morgan fingerprint density at radius 2 is 1.56 bits per heavy atom. The number of carbonyl (C=O) groups is 4. The SMILES string of the molecule is CC(C)(C)OC(=O)NC(=NOCCC(=O)NC(=N)[C@@H]1CC[C@@H]2CN1C(=O)N2OS(=O)(=O)[O-])NC(=O)OC(C)(C)C.[Na+]. The number of amidine groups is 1. The second kappa shape index (κ2) is 14.5. The van der Waals surface area contributed by atoms with E-state index in [1.165, 1.54) is 0 Å². The molecule has 0 aromatic heterocycles. The second-order valence-corrected chi connectivity index (χ2v) is 11.7. The summed E-state index contributed by atoms with van der Waals surface area (Å²) in [7, 11) is -5.16. The first-order chi connectivity index (χ1) is 18.2. The van der Waals surface area contributed by atoms with Gasteiger partial charge in [0.2, 0.25) is 16.3 Å². The van der Waals surface area contributed by atoms with E-state index in [4.69, 9.17) is 19.7 Å². The van der Waals surface area contributed by atoms with Crippen molar-refractivity contribution in [2.45, 2.75) is 84.1 Å². The molecule has 0 radical (unpaired) electrons. The van der Waals surface area contributed by atoms with Crippen molar-refractivity contribution in [1.29, 1.82) is 5.41 Å². The molecule has 0 unspecified atom stereocenters. The summed E-state index contributed by atoms with van der Waals surface area (Å²) >= 11 is 0. The predicted molar refractivity (Wildman–Crippen MR) is 134 cm³/mol. The maximum Gasteiger partial charge on any atom is 1.00 e. The van der Waals surface area contributed by atoms with Crippen molar-refractivity contribution < 1.29 is 80.3 Å². The average Bonchev–Trinajstić information content (AvgIpc) is 2.97. The number of ether oxygens (including phenoxy) is 2. The molecule has 2 fully saturated rings. The van der Waals surface area contributed by atoms with Crippen LogP contribution in [0, 0.1) is 5.41 Å². The van der Waals surface area contributed by atoms with Gasteiger partial charge in [-0.25, -0.2) is 22.8 Å². The Labute approximate surface area is 259 Å². The maximum atomic E-state index is 12.4. The van der Waals surface area contributed by atoms with Crippen LogP contribution < -0.4 is 45.5 Å². The van der Waals surface area contributed by atoms with Gasteiger partial charge in [-0.15, -0.1) is 0 Å². The van der Waals surface area contributed by atoms with Crippen LogP contribution in [0.5, 0.6) is 0 Å². The summed E-state index contributed by atoms with van der Waals surface area (Å²) in [6.45, 7) is 9.44. The standard InChI is InChI=1S/C21H35N7O11S.Na/c1-20(2,3)37-17(30)24-16(25-18(31)38-21(4,5)6)26-36-10-9-14(29)23-15(22)13-8-7-12-11-27(13)19(32)28(12)39-40(33,34)35;/h12-13H,7-11H2,1-6H3,(H2,22,23,29)(H,33,34,35)(H2,24,25,26,30,31);/q;+1/p-1/t12-,13+;/m1./s1. The van der Waals surface area contributed by atoms with E-state index >= 15 is 0 Å². The summed E-state index contributed by atoms with van der Waals surface area (Å²) in [5.41, 5.74) is -1.69. The van der Waals surface area contributed by atoms with Gasteiger partial charge in [0, 0.05) is 6.54 Å². The largest absolute Gasteiger partial charge is 1.00 e. The third-order valence-electron chi connectivity index (χ3n) is 4.92. The molecule has 2 rings (SSSR count). The number of alkyl carbamates (subject to hydrolysis) is 2. The van der Waals surface area contributed by atoms with E-state index in [9.17, 15) is 32.1 Å². The molecule has 2 atom stereocenters. The molecule has 0 aliphatic carbocycles. The van der Waals surface area contributed by atoms with E-state index in [0.717, 1.165) is 4.90 Å². The molecule has 2 heterocycles.